The number of aryl methyl sites for hydroxylation is 2. The minimum absolute atomic E-state index is 0.0681. The maximum Gasteiger partial charge on any atom is 0.263 e. The Hall–Kier alpha value is -1.84. The summed E-state index contributed by atoms with van der Waals surface area (Å²) in [7, 11) is -3.80. The van der Waals surface area contributed by atoms with Gasteiger partial charge in [0.1, 0.15) is 4.90 Å². The Morgan fingerprint density at radius 2 is 2.10 bits per heavy atom. The number of nitrogen functional groups attached to an aromatic ring is 1. The molecule has 0 aliphatic heterocycles. The molecule has 0 fully saturated rings. The Kier molecular flexibility index (Phi) is 3.84. The molecule has 2 aromatic heterocycles. The second kappa shape index (κ2) is 5.27. The molecule has 0 amide bonds. The summed E-state index contributed by atoms with van der Waals surface area (Å²) in [6.45, 7) is 3.40. The van der Waals surface area contributed by atoms with Crippen LogP contribution in [-0.4, -0.2) is 23.6 Å². The molecule has 0 aliphatic carbocycles. The summed E-state index contributed by atoms with van der Waals surface area (Å²) >= 11 is 5.86. The number of H-pyrrole nitrogens is 1. The normalized spacial score (nSPS) is 11.4. The fourth-order valence-corrected chi connectivity index (χ4v) is 3.01. The molecule has 0 bridgehead atoms. The van der Waals surface area contributed by atoms with Crippen LogP contribution in [0.1, 0.15) is 11.4 Å². The van der Waals surface area contributed by atoms with E-state index in [4.69, 9.17) is 17.4 Å². The highest BCUT2D eigenvalue weighted by Crippen LogP contribution is 2.25. The van der Waals surface area contributed by atoms with Crippen LogP contribution in [0.4, 0.5) is 11.5 Å². The van der Waals surface area contributed by atoms with Gasteiger partial charge in [0.2, 0.25) is 0 Å². The zero-order valence-electron chi connectivity index (χ0n) is 10.7. The Labute approximate surface area is 120 Å². The molecule has 0 radical (unpaired) electrons. The van der Waals surface area contributed by atoms with Gasteiger partial charge in [0.25, 0.3) is 10.0 Å². The summed E-state index contributed by atoms with van der Waals surface area (Å²) in [4.78, 5) is 3.76. The van der Waals surface area contributed by atoms with Crippen molar-refractivity contribution < 1.29 is 8.42 Å². The largest absolute Gasteiger partial charge is 0.307 e. The van der Waals surface area contributed by atoms with Crippen molar-refractivity contribution in [2.45, 2.75) is 18.7 Å². The first-order valence-corrected chi connectivity index (χ1v) is 7.38. The number of nitrogens with one attached hydrogen (secondary N) is 3. The highest BCUT2D eigenvalue weighted by molar-refractivity contribution is 7.92. The lowest BCUT2D eigenvalue weighted by Crippen LogP contribution is -2.15. The molecular weight excluding hydrogens is 304 g/mol. The van der Waals surface area contributed by atoms with Crippen LogP contribution in [0.5, 0.6) is 0 Å². The van der Waals surface area contributed by atoms with Gasteiger partial charge in [-0.15, -0.1) is 0 Å². The molecule has 0 atom stereocenters. The van der Waals surface area contributed by atoms with Gasteiger partial charge >= 0.3 is 0 Å². The third-order valence-corrected chi connectivity index (χ3v) is 4.23. The number of anilines is 2. The predicted molar refractivity (Wildman–Crippen MR) is 75.9 cm³/mol. The molecule has 0 aliphatic rings. The molecule has 5 N–H and O–H groups in total. The minimum atomic E-state index is -3.80. The second-order valence-corrected chi connectivity index (χ2v) is 6.15. The average molecular weight is 317 g/mol. The first-order valence-electron chi connectivity index (χ1n) is 5.51. The van der Waals surface area contributed by atoms with Crippen LogP contribution in [0.25, 0.3) is 0 Å². The quantitative estimate of drug-likeness (QED) is 0.495. The highest BCUT2D eigenvalue weighted by Gasteiger charge is 2.19. The number of nitrogens with two attached hydrogens (primary N) is 1. The van der Waals surface area contributed by atoms with Crippen molar-refractivity contribution in [3.05, 3.63) is 28.7 Å². The SMILES string of the molecule is Cc1n[nH]c(C)c1NS(=O)(=O)c1cnc(NN)c(Cl)c1. The number of nitrogens with zero attached hydrogens (tertiary/aromatic N) is 2. The summed E-state index contributed by atoms with van der Waals surface area (Å²) in [5.74, 6) is 5.38. The van der Waals surface area contributed by atoms with E-state index in [1.807, 2.05) is 0 Å². The van der Waals surface area contributed by atoms with E-state index in [9.17, 15) is 8.42 Å². The molecule has 2 aromatic rings. The number of aromatic nitrogens is 3. The van der Waals surface area contributed by atoms with Crippen molar-refractivity contribution in [1.29, 1.82) is 0 Å². The topological polar surface area (TPSA) is 126 Å². The van der Waals surface area contributed by atoms with Gasteiger partial charge in [0.05, 0.1) is 22.1 Å². The van der Waals surface area contributed by atoms with E-state index in [1.165, 1.54) is 6.07 Å². The van der Waals surface area contributed by atoms with Crippen molar-refractivity contribution in [2.24, 2.45) is 5.84 Å². The fraction of sp³-hybridized carbons (Fsp3) is 0.200. The summed E-state index contributed by atoms with van der Waals surface area (Å²) in [6.07, 6.45) is 1.16. The van der Waals surface area contributed by atoms with Gasteiger partial charge in [0, 0.05) is 6.20 Å². The zero-order chi connectivity index (χ0) is 14.9. The van der Waals surface area contributed by atoms with E-state index in [0.29, 0.717) is 17.1 Å². The second-order valence-electron chi connectivity index (χ2n) is 4.06. The zero-order valence-corrected chi connectivity index (χ0v) is 12.3. The number of hydrazine groups is 1. The lowest BCUT2D eigenvalue weighted by Gasteiger charge is -2.09. The van der Waals surface area contributed by atoms with Crippen LogP contribution in [0, 0.1) is 13.8 Å². The van der Waals surface area contributed by atoms with E-state index in [0.717, 1.165) is 6.20 Å². The van der Waals surface area contributed by atoms with E-state index in [-0.39, 0.29) is 15.7 Å². The van der Waals surface area contributed by atoms with Gasteiger partial charge in [-0.2, -0.15) is 5.10 Å². The number of hydrogen-bond acceptors (Lipinski definition) is 6. The lowest BCUT2D eigenvalue weighted by atomic mass is 10.3. The maximum absolute atomic E-state index is 12.3. The number of aromatic amines is 1. The third kappa shape index (κ3) is 2.69. The summed E-state index contributed by atoms with van der Waals surface area (Å²) in [5, 5.41) is 6.72. The van der Waals surface area contributed by atoms with Crippen LogP contribution < -0.4 is 16.0 Å². The molecule has 2 heterocycles. The van der Waals surface area contributed by atoms with Crippen molar-refractivity contribution in [1.82, 2.24) is 15.2 Å². The fourth-order valence-electron chi connectivity index (χ4n) is 1.57. The number of halogens is 1. The van der Waals surface area contributed by atoms with E-state index in [2.05, 4.69) is 25.3 Å². The summed E-state index contributed by atoms with van der Waals surface area (Å²) in [5.41, 5.74) is 3.83. The van der Waals surface area contributed by atoms with Crippen LogP contribution in [-0.2, 0) is 10.0 Å². The Bertz CT molecular complexity index is 723. The van der Waals surface area contributed by atoms with Crippen LogP contribution in [0.3, 0.4) is 0 Å². The monoisotopic (exact) mass is 316 g/mol. The summed E-state index contributed by atoms with van der Waals surface area (Å²) < 4.78 is 26.9. The first kappa shape index (κ1) is 14.6. The lowest BCUT2D eigenvalue weighted by molar-refractivity contribution is 0.600. The predicted octanol–water partition coefficient (Wildman–Crippen LogP) is 1.16. The van der Waals surface area contributed by atoms with Crippen LogP contribution in [0.2, 0.25) is 5.02 Å². The Morgan fingerprint density at radius 1 is 1.40 bits per heavy atom. The molecule has 20 heavy (non-hydrogen) atoms. The number of pyridine rings is 1. The molecule has 0 unspecified atom stereocenters. The minimum Gasteiger partial charge on any atom is -0.307 e. The van der Waals surface area contributed by atoms with E-state index >= 15 is 0 Å². The average Bonchev–Trinajstić information content (AvgIpc) is 2.70. The Balaban J connectivity index is 2.38. The molecule has 0 aromatic carbocycles. The van der Waals surface area contributed by atoms with Gasteiger partial charge in [-0.25, -0.2) is 19.2 Å². The molecular formula is C10H13ClN6O2S. The number of sulfonamides is 1. The highest BCUT2D eigenvalue weighted by atomic mass is 35.5. The Morgan fingerprint density at radius 3 is 2.60 bits per heavy atom. The van der Waals surface area contributed by atoms with Gasteiger partial charge in [-0.1, -0.05) is 11.6 Å². The number of hydrogen-bond donors (Lipinski definition) is 4. The van der Waals surface area contributed by atoms with Gasteiger partial charge < -0.3 is 5.43 Å². The van der Waals surface area contributed by atoms with Gasteiger partial charge in [-0.05, 0) is 19.9 Å². The van der Waals surface area contributed by atoms with E-state index in [1.54, 1.807) is 13.8 Å². The van der Waals surface area contributed by atoms with Crippen molar-refractivity contribution in [2.75, 3.05) is 10.1 Å². The first-order chi connectivity index (χ1) is 9.35. The molecule has 0 saturated heterocycles. The molecule has 8 nitrogen and oxygen atoms in total. The molecule has 10 heteroatoms. The van der Waals surface area contributed by atoms with E-state index < -0.39 is 10.0 Å². The van der Waals surface area contributed by atoms with Crippen molar-refractivity contribution in [3.8, 4) is 0 Å². The van der Waals surface area contributed by atoms with Gasteiger partial charge in [0.15, 0.2) is 5.82 Å². The van der Waals surface area contributed by atoms with Crippen LogP contribution in [0.15, 0.2) is 17.2 Å². The molecule has 0 saturated carbocycles. The molecule has 2 rings (SSSR count). The maximum atomic E-state index is 12.3. The molecule has 108 valence electrons. The third-order valence-electron chi connectivity index (χ3n) is 2.63. The van der Waals surface area contributed by atoms with Gasteiger partial charge in [-0.3, -0.25) is 9.82 Å². The summed E-state index contributed by atoms with van der Waals surface area (Å²) in [6, 6.07) is 1.26. The van der Waals surface area contributed by atoms with Crippen molar-refractivity contribution in [3.63, 3.8) is 0 Å². The smallest absolute Gasteiger partial charge is 0.263 e. The van der Waals surface area contributed by atoms with Crippen LogP contribution >= 0.6 is 11.6 Å². The molecule has 0 spiro atoms. The standard InChI is InChI=1S/C10H13ClN6O2S/c1-5-9(6(2)16-15-5)17-20(18,19)7-3-8(11)10(14-12)13-4-7/h3-4,17H,12H2,1-2H3,(H,13,14)(H,15,16). The van der Waals surface area contributed by atoms with Crippen molar-refractivity contribution >= 4 is 33.1 Å². The number of rotatable bonds is 4.